The van der Waals surface area contributed by atoms with Crippen LogP contribution in [0.25, 0.3) is 0 Å². The molecule has 0 atom stereocenters. The third-order valence-electron chi connectivity index (χ3n) is 1.56. The lowest BCUT2D eigenvalue weighted by atomic mass is 10.2. The monoisotopic (exact) mass is 153 g/mol. The fourth-order valence-corrected chi connectivity index (χ4v) is 0.869. The van der Waals surface area contributed by atoms with Gasteiger partial charge in [0.15, 0.2) is 0 Å². The van der Waals surface area contributed by atoms with E-state index in [1.54, 1.807) is 0 Å². The molecule has 0 aliphatic heterocycles. The van der Waals surface area contributed by atoms with E-state index in [1.165, 1.54) is 5.57 Å². The largest absolute Gasteiger partial charge is 0.316 e. The zero-order chi connectivity index (χ0) is 8.53. The van der Waals surface area contributed by atoms with Crippen LogP contribution in [0.3, 0.4) is 0 Å². The highest BCUT2D eigenvalue weighted by atomic mass is 14.8. The molecule has 0 bridgehead atoms. The second-order valence-corrected chi connectivity index (χ2v) is 2.55. The van der Waals surface area contributed by atoms with Crippen LogP contribution < -0.4 is 5.32 Å². The van der Waals surface area contributed by atoms with Crippen molar-refractivity contribution in [1.29, 1.82) is 0 Å². The summed E-state index contributed by atoms with van der Waals surface area (Å²) < 4.78 is 0. The van der Waals surface area contributed by atoms with E-state index in [1.807, 2.05) is 7.05 Å². The van der Waals surface area contributed by atoms with Crippen molar-refractivity contribution in [3.8, 4) is 0 Å². The lowest BCUT2D eigenvalue weighted by Gasteiger charge is -2.00. The smallest absolute Gasteiger partial charge is 0.0164 e. The Morgan fingerprint density at radius 3 is 2.55 bits per heavy atom. The van der Waals surface area contributed by atoms with E-state index < -0.39 is 0 Å². The van der Waals surface area contributed by atoms with Gasteiger partial charge in [-0.25, -0.2) is 0 Å². The van der Waals surface area contributed by atoms with Crippen molar-refractivity contribution in [3.63, 3.8) is 0 Å². The molecule has 0 unspecified atom stereocenters. The van der Waals surface area contributed by atoms with Gasteiger partial charge in [-0.1, -0.05) is 37.6 Å². The van der Waals surface area contributed by atoms with Crippen molar-refractivity contribution in [2.24, 2.45) is 0 Å². The lowest BCUT2D eigenvalue weighted by Crippen LogP contribution is -2.09. The van der Waals surface area contributed by atoms with E-state index in [-0.39, 0.29) is 0 Å². The average molecular weight is 153 g/mol. The van der Waals surface area contributed by atoms with Gasteiger partial charge in [-0.2, -0.15) is 0 Å². The Morgan fingerprint density at radius 1 is 1.36 bits per heavy atom. The third-order valence-corrected chi connectivity index (χ3v) is 1.56. The molecule has 0 saturated heterocycles. The van der Waals surface area contributed by atoms with E-state index in [2.05, 4.69) is 37.4 Å². The zero-order valence-corrected chi connectivity index (χ0v) is 7.85. The van der Waals surface area contributed by atoms with Crippen LogP contribution in [0.1, 0.15) is 26.7 Å². The minimum atomic E-state index is 1.00. The predicted molar refractivity (Wildman–Crippen MR) is 51.7 cm³/mol. The summed E-state index contributed by atoms with van der Waals surface area (Å²) in [6.45, 7) is 5.33. The standard InChI is InChI=1S/C10H19N/c1-4-6-7-8-10(5-2)9-11-3/h6-8,11H,4-5,9H2,1-3H3/b7-6-,10-8+. The number of hydrogen-bond donors (Lipinski definition) is 1. The molecule has 0 aliphatic rings. The molecule has 1 heteroatoms. The predicted octanol–water partition coefficient (Wildman–Crippen LogP) is 2.51. The minimum Gasteiger partial charge on any atom is -0.316 e. The van der Waals surface area contributed by atoms with Crippen LogP contribution in [0.15, 0.2) is 23.8 Å². The van der Waals surface area contributed by atoms with Gasteiger partial charge in [0.25, 0.3) is 0 Å². The van der Waals surface area contributed by atoms with E-state index >= 15 is 0 Å². The van der Waals surface area contributed by atoms with Crippen molar-refractivity contribution in [2.45, 2.75) is 26.7 Å². The molecule has 0 amide bonds. The van der Waals surface area contributed by atoms with Crippen LogP contribution in [0.4, 0.5) is 0 Å². The first-order chi connectivity index (χ1) is 5.35. The molecule has 0 aromatic rings. The molecule has 0 spiro atoms. The number of hydrogen-bond acceptors (Lipinski definition) is 1. The van der Waals surface area contributed by atoms with Gasteiger partial charge in [-0.05, 0) is 19.9 Å². The summed E-state index contributed by atoms with van der Waals surface area (Å²) in [4.78, 5) is 0. The highest BCUT2D eigenvalue weighted by Gasteiger charge is 1.87. The van der Waals surface area contributed by atoms with Crippen LogP contribution in [-0.2, 0) is 0 Å². The fraction of sp³-hybridized carbons (Fsp3) is 0.600. The number of allylic oxidation sites excluding steroid dienone is 3. The summed E-state index contributed by atoms with van der Waals surface area (Å²) in [5.41, 5.74) is 1.46. The first-order valence-electron chi connectivity index (χ1n) is 4.34. The summed E-state index contributed by atoms with van der Waals surface area (Å²) in [6.07, 6.45) is 8.75. The average Bonchev–Trinajstić information content (AvgIpc) is 2.03. The highest BCUT2D eigenvalue weighted by molar-refractivity contribution is 5.13. The number of rotatable bonds is 5. The molecule has 0 rings (SSSR count). The first kappa shape index (κ1) is 10.4. The summed E-state index contributed by atoms with van der Waals surface area (Å²) >= 11 is 0. The topological polar surface area (TPSA) is 12.0 Å². The molecule has 0 aliphatic carbocycles. The molecule has 0 heterocycles. The summed E-state index contributed by atoms with van der Waals surface area (Å²) in [5.74, 6) is 0. The van der Waals surface area contributed by atoms with Crippen molar-refractivity contribution in [2.75, 3.05) is 13.6 Å². The van der Waals surface area contributed by atoms with Crippen molar-refractivity contribution in [1.82, 2.24) is 5.32 Å². The van der Waals surface area contributed by atoms with Gasteiger partial charge >= 0.3 is 0 Å². The molecular weight excluding hydrogens is 134 g/mol. The van der Waals surface area contributed by atoms with Gasteiger partial charge in [0, 0.05) is 6.54 Å². The molecule has 11 heavy (non-hydrogen) atoms. The van der Waals surface area contributed by atoms with Crippen molar-refractivity contribution < 1.29 is 0 Å². The quantitative estimate of drug-likeness (QED) is 0.598. The Kier molecular flexibility index (Phi) is 7.16. The van der Waals surface area contributed by atoms with Crippen LogP contribution >= 0.6 is 0 Å². The summed E-state index contributed by atoms with van der Waals surface area (Å²) in [6, 6.07) is 0. The van der Waals surface area contributed by atoms with Crippen molar-refractivity contribution in [3.05, 3.63) is 23.8 Å². The Morgan fingerprint density at radius 2 is 2.09 bits per heavy atom. The Labute approximate surface area is 70.2 Å². The SMILES string of the molecule is CC/C=C\C=C(/CC)CNC. The van der Waals surface area contributed by atoms with E-state index in [9.17, 15) is 0 Å². The minimum absolute atomic E-state index is 1.00. The Balaban J connectivity index is 3.79. The lowest BCUT2D eigenvalue weighted by molar-refractivity contribution is 0.845. The number of likely N-dealkylation sites (N-methyl/N-ethyl adjacent to an activating group) is 1. The van der Waals surface area contributed by atoms with E-state index in [4.69, 9.17) is 0 Å². The van der Waals surface area contributed by atoms with Gasteiger partial charge in [0.1, 0.15) is 0 Å². The molecule has 0 aromatic heterocycles. The van der Waals surface area contributed by atoms with Crippen LogP contribution in [0.5, 0.6) is 0 Å². The fourth-order valence-electron chi connectivity index (χ4n) is 0.869. The second kappa shape index (κ2) is 7.55. The van der Waals surface area contributed by atoms with Crippen molar-refractivity contribution >= 4 is 0 Å². The van der Waals surface area contributed by atoms with Crippen LogP contribution in [0.2, 0.25) is 0 Å². The van der Waals surface area contributed by atoms with Crippen LogP contribution in [-0.4, -0.2) is 13.6 Å². The molecule has 0 aromatic carbocycles. The first-order valence-corrected chi connectivity index (χ1v) is 4.34. The maximum atomic E-state index is 3.14. The molecular formula is C10H19N. The normalized spacial score (nSPS) is 12.8. The third kappa shape index (κ3) is 5.86. The Hall–Kier alpha value is -0.560. The molecule has 1 nitrogen and oxygen atoms in total. The zero-order valence-electron chi connectivity index (χ0n) is 7.85. The molecule has 1 N–H and O–H groups in total. The molecule has 64 valence electrons. The van der Waals surface area contributed by atoms with Gasteiger partial charge in [-0.3, -0.25) is 0 Å². The number of nitrogens with one attached hydrogen (secondary N) is 1. The maximum absolute atomic E-state index is 3.14. The van der Waals surface area contributed by atoms with Gasteiger partial charge < -0.3 is 5.32 Å². The maximum Gasteiger partial charge on any atom is 0.0164 e. The molecule has 0 fully saturated rings. The van der Waals surface area contributed by atoms with Crippen LogP contribution in [0, 0.1) is 0 Å². The summed E-state index contributed by atoms with van der Waals surface area (Å²) in [5, 5.41) is 3.14. The van der Waals surface area contributed by atoms with Gasteiger partial charge in [0.2, 0.25) is 0 Å². The second-order valence-electron chi connectivity index (χ2n) is 2.55. The highest BCUT2D eigenvalue weighted by Crippen LogP contribution is 1.98. The van der Waals surface area contributed by atoms with E-state index in [0.29, 0.717) is 0 Å². The van der Waals surface area contributed by atoms with E-state index in [0.717, 1.165) is 19.4 Å². The Bertz CT molecular complexity index is 134. The van der Waals surface area contributed by atoms with Gasteiger partial charge in [-0.15, -0.1) is 0 Å². The summed E-state index contributed by atoms with van der Waals surface area (Å²) in [7, 11) is 1.98. The molecule has 0 saturated carbocycles. The van der Waals surface area contributed by atoms with Gasteiger partial charge in [0.05, 0.1) is 0 Å². The molecule has 0 radical (unpaired) electrons.